The van der Waals surface area contributed by atoms with Crippen LogP contribution in [0.4, 0.5) is 0 Å². The molecule has 1 aliphatic carbocycles. The van der Waals surface area contributed by atoms with E-state index in [1.807, 2.05) is 6.07 Å². The third-order valence-corrected chi connectivity index (χ3v) is 2.29. The standard InChI is InChI=1S/C10H15N3O/c1-14-6-9-4-8(5-11)12-10(13-9)7-2-3-7/h4,7H,2-3,5-6,11H2,1H3. The zero-order valence-corrected chi connectivity index (χ0v) is 8.36. The minimum absolute atomic E-state index is 0.471. The molecule has 1 heterocycles. The highest BCUT2D eigenvalue weighted by atomic mass is 16.5. The molecule has 1 aromatic rings. The van der Waals surface area contributed by atoms with Gasteiger partial charge in [0.2, 0.25) is 0 Å². The number of nitrogens with two attached hydrogens (primary N) is 1. The lowest BCUT2D eigenvalue weighted by atomic mass is 10.3. The van der Waals surface area contributed by atoms with Crippen molar-refractivity contribution in [3.8, 4) is 0 Å². The second-order valence-corrected chi connectivity index (χ2v) is 3.62. The first kappa shape index (κ1) is 9.55. The van der Waals surface area contributed by atoms with Crippen molar-refractivity contribution in [3.63, 3.8) is 0 Å². The maximum absolute atomic E-state index is 5.57. The molecule has 0 radical (unpaired) electrons. The van der Waals surface area contributed by atoms with Gasteiger partial charge in [-0.2, -0.15) is 0 Å². The molecule has 0 atom stereocenters. The van der Waals surface area contributed by atoms with Gasteiger partial charge in [0.05, 0.1) is 18.0 Å². The van der Waals surface area contributed by atoms with Gasteiger partial charge in [-0.1, -0.05) is 0 Å². The van der Waals surface area contributed by atoms with E-state index >= 15 is 0 Å². The number of ether oxygens (including phenoxy) is 1. The maximum Gasteiger partial charge on any atom is 0.132 e. The van der Waals surface area contributed by atoms with E-state index < -0.39 is 0 Å². The van der Waals surface area contributed by atoms with Crippen molar-refractivity contribution >= 4 is 0 Å². The summed E-state index contributed by atoms with van der Waals surface area (Å²) in [5.74, 6) is 1.51. The summed E-state index contributed by atoms with van der Waals surface area (Å²) in [7, 11) is 1.67. The third-order valence-electron chi connectivity index (χ3n) is 2.29. The molecular formula is C10H15N3O. The summed E-state index contributed by atoms with van der Waals surface area (Å²) >= 11 is 0. The molecule has 2 rings (SSSR count). The molecule has 0 aliphatic heterocycles. The second kappa shape index (κ2) is 4.02. The van der Waals surface area contributed by atoms with E-state index in [0.29, 0.717) is 19.1 Å². The van der Waals surface area contributed by atoms with Gasteiger partial charge >= 0.3 is 0 Å². The lowest BCUT2D eigenvalue weighted by Crippen LogP contribution is -2.07. The fourth-order valence-electron chi connectivity index (χ4n) is 1.43. The highest BCUT2D eigenvalue weighted by molar-refractivity contribution is 5.15. The predicted molar refractivity (Wildman–Crippen MR) is 52.6 cm³/mol. The van der Waals surface area contributed by atoms with E-state index in [9.17, 15) is 0 Å². The quantitative estimate of drug-likeness (QED) is 0.773. The number of hydrogen-bond acceptors (Lipinski definition) is 4. The molecule has 0 saturated heterocycles. The normalized spacial score (nSPS) is 15.9. The molecule has 1 aliphatic rings. The highest BCUT2D eigenvalue weighted by Gasteiger charge is 2.27. The molecule has 1 aromatic heterocycles. The average Bonchev–Trinajstić information content (AvgIpc) is 3.01. The van der Waals surface area contributed by atoms with Crippen LogP contribution in [-0.4, -0.2) is 17.1 Å². The van der Waals surface area contributed by atoms with Crippen molar-refractivity contribution in [2.24, 2.45) is 5.73 Å². The number of hydrogen-bond donors (Lipinski definition) is 1. The Morgan fingerprint density at radius 2 is 2.14 bits per heavy atom. The van der Waals surface area contributed by atoms with Gasteiger partial charge in [0.25, 0.3) is 0 Å². The molecule has 1 fully saturated rings. The summed E-state index contributed by atoms with van der Waals surface area (Å²) in [6.07, 6.45) is 2.42. The SMILES string of the molecule is COCc1cc(CN)nc(C2CC2)n1. The van der Waals surface area contributed by atoms with Gasteiger partial charge < -0.3 is 10.5 Å². The van der Waals surface area contributed by atoms with Gasteiger partial charge in [-0.25, -0.2) is 9.97 Å². The van der Waals surface area contributed by atoms with Crippen LogP contribution < -0.4 is 5.73 Å². The van der Waals surface area contributed by atoms with Crippen LogP contribution in [0.5, 0.6) is 0 Å². The Morgan fingerprint density at radius 3 is 2.71 bits per heavy atom. The van der Waals surface area contributed by atoms with E-state index in [0.717, 1.165) is 17.2 Å². The van der Waals surface area contributed by atoms with Crippen LogP contribution in [0.3, 0.4) is 0 Å². The van der Waals surface area contributed by atoms with Gasteiger partial charge in [0.15, 0.2) is 0 Å². The zero-order chi connectivity index (χ0) is 9.97. The van der Waals surface area contributed by atoms with Crippen molar-refractivity contribution in [1.29, 1.82) is 0 Å². The lowest BCUT2D eigenvalue weighted by molar-refractivity contribution is 0.181. The van der Waals surface area contributed by atoms with Crippen molar-refractivity contribution in [2.75, 3.05) is 7.11 Å². The van der Waals surface area contributed by atoms with E-state index in [-0.39, 0.29) is 0 Å². The van der Waals surface area contributed by atoms with Gasteiger partial charge in [0, 0.05) is 19.6 Å². The summed E-state index contributed by atoms with van der Waals surface area (Å²) in [6.45, 7) is 1.01. The Morgan fingerprint density at radius 1 is 1.43 bits per heavy atom. The summed E-state index contributed by atoms with van der Waals surface area (Å²) in [5, 5.41) is 0. The molecule has 0 unspecified atom stereocenters. The Hall–Kier alpha value is -1.00. The third kappa shape index (κ3) is 2.08. The molecule has 0 spiro atoms. The lowest BCUT2D eigenvalue weighted by Gasteiger charge is -2.05. The number of rotatable bonds is 4. The van der Waals surface area contributed by atoms with E-state index in [2.05, 4.69) is 9.97 Å². The molecule has 4 heteroatoms. The van der Waals surface area contributed by atoms with Crippen molar-refractivity contribution in [3.05, 3.63) is 23.3 Å². The largest absolute Gasteiger partial charge is 0.378 e. The molecular weight excluding hydrogens is 178 g/mol. The van der Waals surface area contributed by atoms with Gasteiger partial charge in [0.1, 0.15) is 5.82 Å². The van der Waals surface area contributed by atoms with Crippen LogP contribution in [0.2, 0.25) is 0 Å². The van der Waals surface area contributed by atoms with E-state index in [1.165, 1.54) is 12.8 Å². The molecule has 76 valence electrons. The first-order valence-electron chi connectivity index (χ1n) is 4.89. The van der Waals surface area contributed by atoms with Crippen LogP contribution in [0.25, 0.3) is 0 Å². The Labute approximate surface area is 83.5 Å². The van der Waals surface area contributed by atoms with Crippen LogP contribution >= 0.6 is 0 Å². The smallest absolute Gasteiger partial charge is 0.132 e. The molecule has 14 heavy (non-hydrogen) atoms. The molecule has 4 nitrogen and oxygen atoms in total. The molecule has 0 aromatic carbocycles. The number of aromatic nitrogens is 2. The Bertz CT molecular complexity index is 323. The van der Waals surface area contributed by atoms with Crippen molar-refractivity contribution in [2.45, 2.75) is 31.9 Å². The van der Waals surface area contributed by atoms with E-state index in [4.69, 9.17) is 10.5 Å². The summed E-state index contributed by atoms with van der Waals surface area (Å²) in [5.41, 5.74) is 7.42. The van der Waals surface area contributed by atoms with Crippen molar-refractivity contribution in [1.82, 2.24) is 9.97 Å². The molecule has 0 amide bonds. The predicted octanol–water partition coefficient (Wildman–Crippen LogP) is 0.959. The zero-order valence-electron chi connectivity index (χ0n) is 8.36. The van der Waals surface area contributed by atoms with Gasteiger partial charge in [-0.05, 0) is 18.9 Å². The van der Waals surface area contributed by atoms with Gasteiger partial charge in [-0.3, -0.25) is 0 Å². The average molecular weight is 193 g/mol. The van der Waals surface area contributed by atoms with Gasteiger partial charge in [-0.15, -0.1) is 0 Å². The Kier molecular flexibility index (Phi) is 2.74. The van der Waals surface area contributed by atoms with Crippen LogP contribution in [-0.2, 0) is 17.9 Å². The Balaban J connectivity index is 2.26. The molecule has 1 saturated carbocycles. The number of nitrogens with zero attached hydrogens (tertiary/aromatic N) is 2. The molecule has 0 bridgehead atoms. The monoisotopic (exact) mass is 193 g/mol. The highest BCUT2D eigenvalue weighted by Crippen LogP contribution is 2.38. The summed E-state index contributed by atoms with van der Waals surface area (Å²) in [6, 6.07) is 1.91. The fourth-order valence-corrected chi connectivity index (χ4v) is 1.43. The minimum Gasteiger partial charge on any atom is -0.378 e. The second-order valence-electron chi connectivity index (χ2n) is 3.62. The van der Waals surface area contributed by atoms with E-state index in [1.54, 1.807) is 7.11 Å². The van der Waals surface area contributed by atoms with Crippen molar-refractivity contribution < 1.29 is 4.74 Å². The van der Waals surface area contributed by atoms with Crippen LogP contribution in [0.1, 0.15) is 36.0 Å². The minimum atomic E-state index is 0.471. The number of methoxy groups -OCH3 is 1. The topological polar surface area (TPSA) is 61.0 Å². The fraction of sp³-hybridized carbons (Fsp3) is 0.600. The summed E-state index contributed by atoms with van der Waals surface area (Å²) < 4.78 is 5.05. The van der Waals surface area contributed by atoms with Crippen LogP contribution in [0.15, 0.2) is 6.07 Å². The van der Waals surface area contributed by atoms with Crippen LogP contribution in [0, 0.1) is 0 Å². The maximum atomic E-state index is 5.57. The first-order chi connectivity index (χ1) is 6.83. The summed E-state index contributed by atoms with van der Waals surface area (Å²) in [4.78, 5) is 8.85. The molecule has 2 N–H and O–H groups in total. The first-order valence-corrected chi connectivity index (χ1v) is 4.89.